The maximum atomic E-state index is 12.0. The van der Waals surface area contributed by atoms with Crippen LogP contribution in [0.15, 0.2) is 29.2 Å². The third-order valence-electron chi connectivity index (χ3n) is 3.86. The summed E-state index contributed by atoms with van der Waals surface area (Å²) in [6, 6.07) is 8.14. The number of thioether (sulfide) groups is 1. The second kappa shape index (κ2) is 6.52. The fourth-order valence-corrected chi connectivity index (χ4v) is 3.09. The first-order valence-corrected chi connectivity index (χ1v) is 8.14. The third-order valence-corrected chi connectivity index (χ3v) is 4.87. The van der Waals surface area contributed by atoms with Crippen LogP contribution in [-0.2, 0) is 9.59 Å². The Bertz CT molecular complexity index is 525. The lowest BCUT2D eigenvalue weighted by Gasteiger charge is -2.26. The van der Waals surface area contributed by atoms with Crippen molar-refractivity contribution in [3.63, 3.8) is 0 Å². The van der Waals surface area contributed by atoms with E-state index in [0.29, 0.717) is 12.2 Å². The van der Waals surface area contributed by atoms with Gasteiger partial charge in [0.2, 0.25) is 5.91 Å². The van der Waals surface area contributed by atoms with E-state index in [9.17, 15) is 14.7 Å². The van der Waals surface area contributed by atoms with Gasteiger partial charge in [0, 0.05) is 17.1 Å². The smallest absolute Gasteiger partial charge is 0.329 e. The number of hydrogen-bond donors (Lipinski definition) is 2. The lowest BCUT2D eigenvalue weighted by atomic mass is 9.96. The molecule has 1 saturated carbocycles. The molecule has 1 fully saturated rings. The molecule has 2 rings (SSSR count). The van der Waals surface area contributed by atoms with Crippen molar-refractivity contribution in [2.45, 2.75) is 43.5 Å². The molecule has 4 nitrogen and oxygen atoms in total. The molecule has 0 aromatic heterocycles. The molecule has 21 heavy (non-hydrogen) atoms. The SMILES string of the molecule is Cc1ccc(SCCC(=O)NC(C)(C(=O)O)C2CC2)cc1. The van der Waals surface area contributed by atoms with Crippen molar-refractivity contribution in [1.29, 1.82) is 0 Å². The van der Waals surface area contributed by atoms with E-state index in [1.54, 1.807) is 18.7 Å². The minimum absolute atomic E-state index is 0.0729. The van der Waals surface area contributed by atoms with Crippen molar-refractivity contribution < 1.29 is 14.7 Å². The van der Waals surface area contributed by atoms with Crippen LogP contribution in [0.1, 0.15) is 31.7 Å². The average molecular weight is 307 g/mol. The van der Waals surface area contributed by atoms with Gasteiger partial charge in [-0.1, -0.05) is 17.7 Å². The molecule has 1 amide bonds. The topological polar surface area (TPSA) is 66.4 Å². The summed E-state index contributed by atoms with van der Waals surface area (Å²) in [5.41, 5.74) is 0.102. The van der Waals surface area contributed by atoms with Crippen LogP contribution in [0.5, 0.6) is 0 Å². The second-order valence-electron chi connectivity index (χ2n) is 5.74. The van der Waals surface area contributed by atoms with Gasteiger partial charge in [0.05, 0.1) is 0 Å². The summed E-state index contributed by atoms with van der Waals surface area (Å²) in [5.74, 6) is -0.408. The van der Waals surface area contributed by atoms with Crippen molar-refractivity contribution in [2.24, 2.45) is 5.92 Å². The molecular weight excluding hydrogens is 286 g/mol. The van der Waals surface area contributed by atoms with Crippen LogP contribution in [-0.4, -0.2) is 28.3 Å². The van der Waals surface area contributed by atoms with Gasteiger partial charge in [-0.2, -0.15) is 0 Å². The first kappa shape index (κ1) is 15.9. The average Bonchev–Trinajstić information content (AvgIpc) is 3.25. The first-order valence-electron chi connectivity index (χ1n) is 7.15. The Labute approximate surface area is 129 Å². The van der Waals surface area contributed by atoms with E-state index >= 15 is 0 Å². The highest BCUT2D eigenvalue weighted by molar-refractivity contribution is 7.99. The number of carbonyl (C=O) groups is 2. The molecular formula is C16H21NO3S. The van der Waals surface area contributed by atoms with Crippen LogP contribution < -0.4 is 5.32 Å². The highest BCUT2D eigenvalue weighted by atomic mass is 32.2. The molecule has 0 bridgehead atoms. The Kier molecular flexibility index (Phi) is 4.93. The molecule has 114 valence electrons. The van der Waals surface area contributed by atoms with E-state index in [1.165, 1.54) is 5.56 Å². The lowest BCUT2D eigenvalue weighted by Crippen LogP contribution is -2.54. The van der Waals surface area contributed by atoms with Gasteiger partial charge >= 0.3 is 5.97 Å². The highest BCUT2D eigenvalue weighted by Crippen LogP contribution is 2.39. The second-order valence-corrected chi connectivity index (χ2v) is 6.91. The van der Waals surface area contributed by atoms with Crippen molar-refractivity contribution in [2.75, 3.05) is 5.75 Å². The summed E-state index contributed by atoms with van der Waals surface area (Å²) < 4.78 is 0. The summed E-state index contributed by atoms with van der Waals surface area (Å²) >= 11 is 1.61. The van der Waals surface area contributed by atoms with E-state index in [0.717, 1.165) is 17.7 Å². The van der Waals surface area contributed by atoms with E-state index in [2.05, 4.69) is 5.32 Å². The van der Waals surface area contributed by atoms with Crippen LogP contribution >= 0.6 is 11.8 Å². The molecule has 0 heterocycles. The van der Waals surface area contributed by atoms with Crippen molar-refractivity contribution in [1.82, 2.24) is 5.32 Å². The predicted molar refractivity (Wildman–Crippen MR) is 83.4 cm³/mol. The molecule has 1 aliphatic rings. The normalized spacial score (nSPS) is 17.0. The van der Waals surface area contributed by atoms with Crippen molar-refractivity contribution in [3.8, 4) is 0 Å². The number of benzene rings is 1. The molecule has 1 aromatic carbocycles. The molecule has 0 radical (unpaired) electrons. The van der Waals surface area contributed by atoms with Crippen LogP contribution in [0.3, 0.4) is 0 Å². The number of nitrogens with one attached hydrogen (secondary N) is 1. The predicted octanol–water partition coefficient (Wildman–Crippen LogP) is 2.85. The number of hydrogen-bond acceptors (Lipinski definition) is 3. The van der Waals surface area contributed by atoms with E-state index in [4.69, 9.17) is 0 Å². The Hall–Kier alpha value is -1.49. The molecule has 1 aliphatic carbocycles. The molecule has 5 heteroatoms. The third kappa shape index (κ3) is 4.24. The zero-order valence-corrected chi connectivity index (χ0v) is 13.2. The fraction of sp³-hybridized carbons (Fsp3) is 0.500. The maximum absolute atomic E-state index is 12.0. The minimum Gasteiger partial charge on any atom is -0.480 e. The highest BCUT2D eigenvalue weighted by Gasteiger charge is 2.48. The van der Waals surface area contributed by atoms with Crippen LogP contribution in [0.25, 0.3) is 0 Å². The summed E-state index contributed by atoms with van der Waals surface area (Å²) in [7, 11) is 0. The number of aliphatic carboxylic acids is 1. The Balaban J connectivity index is 1.79. The fourth-order valence-electron chi connectivity index (χ4n) is 2.24. The molecule has 0 aliphatic heterocycles. The molecule has 2 N–H and O–H groups in total. The Morgan fingerprint density at radius 3 is 2.48 bits per heavy atom. The number of aryl methyl sites for hydroxylation is 1. The molecule has 0 saturated heterocycles. The number of carboxylic acids is 1. The largest absolute Gasteiger partial charge is 0.480 e. The summed E-state index contributed by atoms with van der Waals surface area (Å²) in [4.78, 5) is 24.4. The zero-order chi connectivity index (χ0) is 15.5. The van der Waals surface area contributed by atoms with E-state index in [1.807, 2.05) is 31.2 Å². The minimum atomic E-state index is -1.11. The van der Waals surface area contributed by atoms with Gasteiger partial charge in [0.15, 0.2) is 0 Å². The standard InChI is InChI=1S/C16H21NO3S/c1-11-3-7-13(8-4-11)21-10-9-14(18)17-16(2,15(19)20)12-5-6-12/h3-4,7-8,12H,5-6,9-10H2,1-2H3,(H,17,18)(H,19,20). The van der Waals surface area contributed by atoms with Crippen LogP contribution in [0.4, 0.5) is 0 Å². The Morgan fingerprint density at radius 1 is 1.33 bits per heavy atom. The lowest BCUT2D eigenvalue weighted by molar-refractivity contribution is -0.147. The van der Waals surface area contributed by atoms with Crippen LogP contribution in [0.2, 0.25) is 0 Å². The monoisotopic (exact) mass is 307 g/mol. The quantitative estimate of drug-likeness (QED) is 0.760. The molecule has 0 spiro atoms. The number of rotatable bonds is 7. The Morgan fingerprint density at radius 2 is 1.95 bits per heavy atom. The van der Waals surface area contributed by atoms with E-state index < -0.39 is 11.5 Å². The summed E-state index contributed by atoms with van der Waals surface area (Å²) in [6.45, 7) is 3.64. The van der Waals surface area contributed by atoms with Crippen molar-refractivity contribution in [3.05, 3.63) is 29.8 Å². The van der Waals surface area contributed by atoms with Crippen LogP contribution in [0, 0.1) is 12.8 Å². The molecule has 1 aromatic rings. The van der Waals surface area contributed by atoms with Gasteiger partial charge in [-0.05, 0) is 44.7 Å². The van der Waals surface area contributed by atoms with Gasteiger partial charge in [0.1, 0.15) is 5.54 Å². The summed E-state index contributed by atoms with van der Waals surface area (Å²) in [5, 5.41) is 12.0. The van der Waals surface area contributed by atoms with Gasteiger partial charge in [-0.25, -0.2) is 4.79 Å². The summed E-state index contributed by atoms with van der Waals surface area (Å²) in [6.07, 6.45) is 2.08. The van der Waals surface area contributed by atoms with Crippen molar-refractivity contribution >= 4 is 23.6 Å². The van der Waals surface area contributed by atoms with Gasteiger partial charge in [0.25, 0.3) is 0 Å². The number of carboxylic acid groups (broad SMARTS) is 1. The number of amides is 1. The van der Waals surface area contributed by atoms with Gasteiger partial charge < -0.3 is 10.4 Å². The maximum Gasteiger partial charge on any atom is 0.329 e. The van der Waals surface area contributed by atoms with Gasteiger partial charge in [-0.3, -0.25) is 4.79 Å². The number of carbonyl (C=O) groups excluding carboxylic acids is 1. The van der Waals surface area contributed by atoms with Gasteiger partial charge in [-0.15, -0.1) is 11.8 Å². The zero-order valence-electron chi connectivity index (χ0n) is 12.4. The van der Waals surface area contributed by atoms with E-state index in [-0.39, 0.29) is 11.8 Å². The molecule has 1 atom stereocenters. The first-order chi connectivity index (χ1) is 9.91. The molecule has 1 unspecified atom stereocenters.